The molecule has 0 saturated heterocycles. The van der Waals surface area contributed by atoms with E-state index in [0.29, 0.717) is 0 Å². The van der Waals surface area contributed by atoms with Gasteiger partial charge in [0.25, 0.3) is 0 Å². The van der Waals surface area contributed by atoms with Crippen LogP contribution < -0.4 is 0 Å². The van der Waals surface area contributed by atoms with Crippen LogP contribution >= 0.6 is 0 Å². The van der Waals surface area contributed by atoms with Gasteiger partial charge in [-0.15, -0.1) is 0 Å². The molecule has 0 N–H and O–H groups in total. The van der Waals surface area contributed by atoms with Crippen molar-refractivity contribution >= 4 is 0 Å². The molecule has 0 fully saturated rings. The van der Waals surface area contributed by atoms with Crippen LogP contribution in [-0.4, -0.2) is 0 Å². The molecule has 1 heteroatoms. The molecule has 0 radical (unpaired) electrons. The molecule has 0 saturated carbocycles. The van der Waals surface area contributed by atoms with Gasteiger partial charge in [-0.1, -0.05) is 54.1 Å². The Kier molecular flexibility index (Phi) is 3.79. The van der Waals surface area contributed by atoms with Crippen LogP contribution in [-0.2, 0) is 6.42 Å². The Labute approximate surface area is 109 Å². The summed E-state index contributed by atoms with van der Waals surface area (Å²) < 4.78 is 0. The predicted molar refractivity (Wildman–Crippen MR) is 74.4 cm³/mol. The lowest BCUT2D eigenvalue weighted by molar-refractivity contribution is 0.841. The summed E-state index contributed by atoms with van der Waals surface area (Å²) in [6, 6.07) is 19.0. The van der Waals surface area contributed by atoms with Crippen molar-refractivity contribution in [2.24, 2.45) is 0 Å². The number of aryl methyl sites for hydroxylation is 2. The van der Waals surface area contributed by atoms with Crippen molar-refractivity contribution in [2.75, 3.05) is 0 Å². The number of hydrogen-bond donors (Lipinski definition) is 0. The fourth-order valence-electron chi connectivity index (χ4n) is 2.16. The highest BCUT2D eigenvalue weighted by molar-refractivity contribution is 5.35. The molecule has 0 aromatic heterocycles. The number of benzene rings is 2. The lowest BCUT2D eigenvalue weighted by Gasteiger charge is -2.12. The molecule has 0 spiro atoms. The fourth-order valence-corrected chi connectivity index (χ4v) is 2.16. The molecular formula is C17H17N. The molecule has 1 unspecified atom stereocenters. The Morgan fingerprint density at radius 2 is 1.67 bits per heavy atom. The third-order valence-corrected chi connectivity index (χ3v) is 3.28. The minimum absolute atomic E-state index is 0.0612. The number of nitriles is 1. The van der Waals surface area contributed by atoms with E-state index in [1.54, 1.807) is 0 Å². The van der Waals surface area contributed by atoms with Crippen molar-refractivity contribution in [2.45, 2.75) is 26.2 Å². The maximum atomic E-state index is 9.37. The molecule has 0 aliphatic carbocycles. The molecule has 90 valence electrons. The maximum absolute atomic E-state index is 9.37. The first kappa shape index (κ1) is 12.4. The summed E-state index contributed by atoms with van der Waals surface area (Å²) in [5.74, 6) is -0.0612. The zero-order valence-electron chi connectivity index (χ0n) is 10.9. The van der Waals surface area contributed by atoms with Gasteiger partial charge in [0.05, 0.1) is 12.0 Å². The third kappa shape index (κ3) is 2.78. The molecule has 2 aromatic carbocycles. The van der Waals surface area contributed by atoms with Crippen LogP contribution in [0.1, 0.15) is 28.2 Å². The monoisotopic (exact) mass is 235 g/mol. The molecule has 0 aliphatic heterocycles. The molecule has 0 bridgehead atoms. The zero-order valence-corrected chi connectivity index (χ0v) is 10.9. The number of nitrogens with zero attached hydrogens (tertiary/aromatic N) is 1. The van der Waals surface area contributed by atoms with Crippen molar-refractivity contribution in [3.05, 3.63) is 70.8 Å². The van der Waals surface area contributed by atoms with Gasteiger partial charge in [0.15, 0.2) is 0 Å². The topological polar surface area (TPSA) is 23.8 Å². The second-order valence-electron chi connectivity index (χ2n) is 4.73. The SMILES string of the molecule is Cc1ccc(CC(C#N)c2ccccc2C)cc1. The van der Waals surface area contributed by atoms with Crippen molar-refractivity contribution in [1.29, 1.82) is 5.26 Å². The normalized spacial score (nSPS) is 11.8. The van der Waals surface area contributed by atoms with Gasteiger partial charge < -0.3 is 0 Å². The van der Waals surface area contributed by atoms with E-state index in [9.17, 15) is 5.26 Å². The zero-order chi connectivity index (χ0) is 13.0. The average Bonchev–Trinajstić information content (AvgIpc) is 2.39. The maximum Gasteiger partial charge on any atom is 0.0755 e. The largest absolute Gasteiger partial charge is 0.198 e. The minimum Gasteiger partial charge on any atom is -0.198 e. The van der Waals surface area contributed by atoms with Crippen molar-refractivity contribution in [3.63, 3.8) is 0 Å². The third-order valence-electron chi connectivity index (χ3n) is 3.28. The molecule has 1 atom stereocenters. The highest BCUT2D eigenvalue weighted by Crippen LogP contribution is 2.23. The molecule has 2 aromatic rings. The van der Waals surface area contributed by atoms with Crippen LogP contribution in [0.25, 0.3) is 0 Å². The van der Waals surface area contributed by atoms with Crippen LogP contribution in [0.4, 0.5) is 0 Å². The van der Waals surface area contributed by atoms with E-state index in [2.05, 4.69) is 56.3 Å². The van der Waals surface area contributed by atoms with Crippen LogP contribution in [0.3, 0.4) is 0 Å². The highest BCUT2D eigenvalue weighted by atomic mass is 14.3. The van der Waals surface area contributed by atoms with Gasteiger partial charge in [-0.3, -0.25) is 0 Å². The van der Waals surface area contributed by atoms with Crippen LogP contribution in [0.5, 0.6) is 0 Å². The van der Waals surface area contributed by atoms with Crippen LogP contribution in [0, 0.1) is 25.2 Å². The minimum atomic E-state index is -0.0612. The molecule has 18 heavy (non-hydrogen) atoms. The summed E-state index contributed by atoms with van der Waals surface area (Å²) in [4.78, 5) is 0. The van der Waals surface area contributed by atoms with Gasteiger partial charge in [0.2, 0.25) is 0 Å². The standard InChI is InChI=1S/C17H17N/c1-13-7-9-15(10-8-13)11-16(12-18)17-6-4-3-5-14(17)2/h3-10,16H,11H2,1-2H3. The van der Waals surface area contributed by atoms with E-state index in [0.717, 1.165) is 12.0 Å². The second kappa shape index (κ2) is 5.51. The first-order valence-electron chi connectivity index (χ1n) is 6.21. The van der Waals surface area contributed by atoms with E-state index in [-0.39, 0.29) is 5.92 Å². The van der Waals surface area contributed by atoms with Crippen molar-refractivity contribution in [3.8, 4) is 6.07 Å². The summed E-state index contributed by atoms with van der Waals surface area (Å²) >= 11 is 0. The van der Waals surface area contributed by atoms with Gasteiger partial charge in [0, 0.05) is 0 Å². The summed E-state index contributed by atoms with van der Waals surface area (Å²) in [5.41, 5.74) is 4.80. The van der Waals surface area contributed by atoms with Crippen molar-refractivity contribution < 1.29 is 0 Å². The molecule has 0 aliphatic rings. The van der Waals surface area contributed by atoms with Gasteiger partial charge in [-0.2, -0.15) is 5.26 Å². The molecule has 0 heterocycles. The molecular weight excluding hydrogens is 218 g/mol. The molecule has 1 nitrogen and oxygen atoms in total. The number of rotatable bonds is 3. The Balaban J connectivity index is 2.23. The highest BCUT2D eigenvalue weighted by Gasteiger charge is 2.13. The summed E-state index contributed by atoms with van der Waals surface area (Å²) in [7, 11) is 0. The van der Waals surface area contributed by atoms with Gasteiger partial charge in [-0.05, 0) is 37.0 Å². The molecule has 2 rings (SSSR count). The Morgan fingerprint density at radius 1 is 1.00 bits per heavy atom. The second-order valence-corrected chi connectivity index (χ2v) is 4.73. The fraction of sp³-hybridized carbons (Fsp3) is 0.235. The van der Waals surface area contributed by atoms with Gasteiger partial charge >= 0.3 is 0 Å². The quantitative estimate of drug-likeness (QED) is 0.784. The Bertz CT molecular complexity index is 561. The average molecular weight is 235 g/mol. The lowest BCUT2D eigenvalue weighted by Crippen LogP contribution is -2.02. The van der Waals surface area contributed by atoms with Gasteiger partial charge in [-0.25, -0.2) is 0 Å². The number of hydrogen-bond acceptors (Lipinski definition) is 1. The predicted octanol–water partition coefficient (Wildman–Crippen LogP) is 4.15. The summed E-state index contributed by atoms with van der Waals surface area (Å²) in [6.07, 6.45) is 0.779. The lowest BCUT2D eigenvalue weighted by atomic mass is 9.90. The Morgan fingerprint density at radius 3 is 2.28 bits per heavy atom. The van der Waals surface area contributed by atoms with E-state index in [1.165, 1.54) is 16.7 Å². The molecule has 0 amide bonds. The Hall–Kier alpha value is -2.07. The van der Waals surface area contributed by atoms with E-state index >= 15 is 0 Å². The smallest absolute Gasteiger partial charge is 0.0755 e. The van der Waals surface area contributed by atoms with Gasteiger partial charge in [0.1, 0.15) is 0 Å². The van der Waals surface area contributed by atoms with E-state index in [1.807, 2.05) is 12.1 Å². The first-order chi connectivity index (χ1) is 8.70. The summed E-state index contributed by atoms with van der Waals surface area (Å²) in [6.45, 7) is 4.14. The van der Waals surface area contributed by atoms with Crippen molar-refractivity contribution in [1.82, 2.24) is 0 Å². The van der Waals surface area contributed by atoms with E-state index < -0.39 is 0 Å². The summed E-state index contributed by atoms with van der Waals surface area (Å²) in [5, 5.41) is 9.37. The first-order valence-corrected chi connectivity index (χ1v) is 6.21. The van der Waals surface area contributed by atoms with Crippen LogP contribution in [0.2, 0.25) is 0 Å². The van der Waals surface area contributed by atoms with E-state index in [4.69, 9.17) is 0 Å². The van der Waals surface area contributed by atoms with Crippen LogP contribution in [0.15, 0.2) is 48.5 Å².